The number of carbonyl (C=O) groups excluding carboxylic acids is 1. The van der Waals surface area contributed by atoms with Crippen LogP contribution in [-0.4, -0.2) is 24.8 Å². The normalized spacial score (nSPS) is 11.8. The van der Waals surface area contributed by atoms with Gasteiger partial charge in [0, 0.05) is 23.0 Å². The lowest BCUT2D eigenvalue weighted by Crippen LogP contribution is -2.32. The molecule has 88 valence electrons. The summed E-state index contributed by atoms with van der Waals surface area (Å²) in [6.07, 6.45) is 1.02. The van der Waals surface area contributed by atoms with E-state index in [2.05, 4.69) is 33.0 Å². The average molecular weight is 284 g/mol. The fourth-order valence-electron chi connectivity index (χ4n) is 1.74. The second-order valence-corrected chi connectivity index (χ2v) is 5.82. The van der Waals surface area contributed by atoms with Crippen molar-refractivity contribution in [2.45, 2.75) is 20.4 Å². The van der Waals surface area contributed by atoms with Crippen LogP contribution < -0.4 is 0 Å². The maximum Gasteiger partial charge on any atom is 0.126 e. The van der Waals surface area contributed by atoms with Crippen molar-refractivity contribution in [2.24, 2.45) is 5.41 Å². The Balaban J connectivity index is 2.58. The van der Waals surface area contributed by atoms with Gasteiger partial charge in [0.2, 0.25) is 0 Å². The van der Waals surface area contributed by atoms with E-state index in [9.17, 15) is 4.79 Å². The molecule has 16 heavy (non-hydrogen) atoms. The van der Waals surface area contributed by atoms with Crippen molar-refractivity contribution in [2.75, 3.05) is 13.6 Å². The van der Waals surface area contributed by atoms with E-state index in [-0.39, 0.29) is 5.41 Å². The van der Waals surface area contributed by atoms with Crippen LogP contribution in [0.1, 0.15) is 19.4 Å². The summed E-state index contributed by atoms with van der Waals surface area (Å²) in [5.41, 5.74) is 0.972. The predicted octanol–water partition coefficient (Wildman–Crippen LogP) is 3.11. The first-order valence-corrected chi connectivity index (χ1v) is 6.11. The Labute approximate surface area is 106 Å². The van der Waals surface area contributed by atoms with Crippen molar-refractivity contribution >= 4 is 22.2 Å². The highest BCUT2D eigenvalue weighted by Gasteiger charge is 2.18. The Bertz CT molecular complexity index is 363. The third kappa shape index (κ3) is 4.45. The molecule has 1 aromatic rings. The van der Waals surface area contributed by atoms with Crippen LogP contribution >= 0.6 is 15.9 Å². The SMILES string of the molecule is CN(Cc1cccc(Br)c1)CC(C)(C)C=O. The molecule has 2 nitrogen and oxygen atoms in total. The van der Waals surface area contributed by atoms with Crippen LogP contribution in [0.25, 0.3) is 0 Å². The van der Waals surface area contributed by atoms with Gasteiger partial charge in [-0.2, -0.15) is 0 Å². The predicted molar refractivity (Wildman–Crippen MR) is 70.3 cm³/mol. The topological polar surface area (TPSA) is 20.3 Å². The molecule has 0 spiro atoms. The zero-order valence-corrected chi connectivity index (χ0v) is 11.6. The lowest BCUT2D eigenvalue weighted by Gasteiger charge is -2.25. The van der Waals surface area contributed by atoms with E-state index < -0.39 is 0 Å². The third-order valence-corrected chi connectivity index (χ3v) is 2.83. The minimum Gasteiger partial charge on any atom is -0.303 e. The fourth-order valence-corrected chi connectivity index (χ4v) is 2.18. The molecule has 0 aliphatic heterocycles. The summed E-state index contributed by atoms with van der Waals surface area (Å²) >= 11 is 3.45. The van der Waals surface area contributed by atoms with Gasteiger partial charge in [0.1, 0.15) is 6.29 Å². The number of carbonyl (C=O) groups is 1. The molecule has 0 amide bonds. The highest BCUT2D eigenvalue weighted by atomic mass is 79.9. The maximum atomic E-state index is 10.8. The Hall–Kier alpha value is -0.670. The summed E-state index contributed by atoms with van der Waals surface area (Å²) < 4.78 is 1.09. The minimum atomic E-state index is -0.277. The molecule has 0 atom stereocenters. The summed E-state index contributed by atoms with van der Waals surface area (Å²) in [7, 11) is 2.03. The van der Waals surface area contributed by atoms with Crippen LogP contribution in [0.5, 0.6) is 0 Å². The van der Waals surface area contributed by atoms with E-state index >= 15 is 0 Å². The Morgan fingerprint density at radius 3 is 2.69 bits per heavy atom. The quantitative estimate of drug-likeness (QED) is 0.774. The summed E-state index contributed by atoms with van der Waals surface area (Å²) in [6, 6.07) is 8.23. The third-order valence-electron chi connectivity index (χ3n) is 2.34. The minimum absolute atomic E-state index is 0.277. The van der Waals surface area contributed by atoms with E-state index in [1.54, 1.807) is 0 Å². The molecule has 0 unspecified atom stereocenters. The molecular weight excluding hydrogens is 266 g/mol. The first-order chi connectivity index (χ1) is 7.43. The maximum absolute atomic E-state index is 10.8. The van der Waals surface area contributed by atoms with Gasteiger partial charge in [-0.3, -0.25) is 0 Å². The zero-order valence-electron chi connectivity index (χ0n) is 10.0. The van der Waals surface area contributed by atoms with Gasteiger partial charge in [0.05, 0.1) is 0 Å². The van der Waals surface area contributed by atoms with Gasteiger partial charge >= 0.3 is 0 Å². The van der Waals surface area contributed by atoms with Crippen LogP contribution in [0.3, 0.4) is 0 Å². The number of aldehydes is 1. The zero-order chi connectivity index (χ0) is 12.2. The number of hydrogen-bond donors (Lipinski definition) is 0. The summed E-state index contributed by atoms with van der Waals surface area (Å²) in [5, 5.41) is 0. The second kappa shape index (κ2) is 5.60. The molecule has 0 aromatic heterocycles. The first kappa shape index (κ1) is 13.4. The monoisotopic (exact) mass is 283 g/mol. The van der Waals surface area contributed by atoms with Crippen molar-refractivity contribution in [1.82, 2.24) is 4.90 Å². The lowest BCUT2D eigenvalue weighted by molar-refractivity contribution is -0.115. The van der Waals surface area contributed by atoms with Crippen molar-refractivity contribution in [3.05, 3.63) is 34.3 Å². The largest absolute Gasteiger partial charge is 0.303 e. The van der Waals surface area contributed by atoms with Gasteiger partial charge in [0.25, 0.3) is 0 Å². The lowest BCUT2D eigenvalue weighted by atomic mass is 9.95. The van der Waals surface area contributed by atoms with Crippen molar-refractivity contribution in [3.63, 3.8) is 0 Å². The summed E-state index contributed by atoms with van der Waals surface area (Å²) in [4.78, 5) is 13.0. The van der Waals surface area contributed by atoms with E-state index in [0.717, 1.165) is 23.8 Å². The molecule has 0 fully saturated rings. The number of halogens is 1. The molecule has 0 heterocycles. The molecule has 1 aromatic carbocycles. The molecule has 0 aliphatic rings. The van der Waals surface area contributed by atoms with E-state index in [1.807, 2.05) is 33.0 Å². The van der Waals surface area contributed by atoms with E-state index in [0.29, 0.717) is 0 Å². The van der Waals surface area contributed by atoms with Gasteiger partial charge in [0.15, 0.2) is 0 Å². The first-order valence-electron chi connectivity index (χ1n) is 5.32. The highest BCUT2D eigenvalue weighted by Crippen LogP contribution is 2.16. The Morgan fingerprint density at radius 1 is 1.44 bits per heavy atom. The fraction of sp³-hybridized carbons (Fsp3) is 0.462. The number of hydrogen-bond acceptors (Lipinski definition) is 2. The molecular formula is C13H18BrNO. The standard InChI is InChI=1S/C13H18BrNO/c1-13(2,10-16)9-15(3)8-11-5-4-6-12(14)7-11/h4-7,10H,8-9H2,1-3H3. The number of rotatable bonds is 5. The Kier molecular flexibility index (Phi) is 4.69. The average Bonchev–Trinajstić information content (AvgIpc) is 2.16. The number of benzene rings is 1. The van der Waals surface area contributed by atoms with Gasteiger partial charge in [-0.05, 0) is 24.7 Å². The summed E-state index contributed by atoms with van der Waals surface area (Å²) in [6.45, 7) is 5.54. The van der Waals surface area contributed by atoms with Crippen LogP contribution in [0.4, 0.5) is 0 Å². The van der Waals surface area contributed by atoms with Gasteiger partial charge < -0.3 is 9.69 Å². The smallest absolute Gasteiger partial charge is 0.126 e. The Morgan fingerprint density at radius 2 is 2.12 bits per heavy atom. The molecule has 0 bridgehead atoms. The van der Waals surface area contributed by atoms with Gasteiger partial charge in [-0.15, -0.1) is 0 Å². The molecule has 3 heteroatoms. The molecule has 0 saturated carbocycles. The van der Waals surface area contributed by atoms with Crippen molar-refractivity contribution in [1.29, 1.82) is 0 Å². The second-order valence-electron chi connectivity index (χ2n) is 4.91. The molecule has 0 saturated heterocycles. The van der Waals surface area contributed by atoms with Gasteiger partial charge in [-0.1, -0.05) is 41.9 Å². The van der Waals surface area contributed by atoms with Crippen LogP contribution in [-0.2, 0) is 11.3 Å². The molecule has 0 radical (unpaired) electrons. The molecule has 1 rings (SSSR count). The van der Waals surface area contributed by atoms with E-state index in [1.165, 1.54) is 5.56 Å². The van der Waals surface area contributed by atoms with Gasteiger partial charge in [-0.25, -0.2) is 0 Å². The van der Waals surface area contributed by atoms with Crippen molar-refractivity contribution < 1.29 is 4.79 Å². The molecule has 0 aliphatic carbocycles. The number of nitrogens with zero attached hydrogens (tertiary/aromatic N) is 1. The summed E-state index contributed by atoms with van der Waals surface area (Å²) in [5.74, 6) is 0. The van der Waals surface area contributed by atoms with Crippen LogP contribution in [0, 0.1) is 5.41 Å². The molecule has 0 N–H and O–H groups in total. The van der Waals surface area contributed by atoms with E-state index in [4.69, 9.17) is 0 Å². The van der Waals surface area contributed by atoms with Crippen LogP contribution in [0.15, 0.2) is 28.7 Å². The highest BCUT2D eigenvalue weighted by molar-refractivity contribution is 9.10. The van der Waals surface area contributed by atoms with Crippen molar-refractivity contribution in [3.8, 4) is 0 Å². The van der Waals surface area contributed by atoms with Crippen LogP contribution in [0.2, 0.25) is 0 Å².